The van der Waals surface area contributed by atoms with E-state index in [0.717, 1.165) is 88.5 Å². The van der Waals surface area contributed by atoms with Gasteiger partial charge in [0.15, 0.2) is 17.5 Å². The number of hydrogen-bond donors (Lipinski definition) is 0. The molecule has 0 fully saturated rings. The van der Waals surface area contributed by atoms with Gasteiger partial charge in [-0.15, -0.1) is 11.3 Å². The lowest BCUT2D eigenvalue weighted by molar-refractivity contribution is 0.669. The summed E-state index contributed by atoms with van der Waals surface area (Å²) in [5, 5.41) is 9.14. The van der Waals surface area contributed by atoms with Crippen LogP contribution in [0.5, 0.6) is 0 Å². The molecule has 0 amide bonds. The quantitative estimate of drug-likeness (QED) is 0.159. The Morgan fingerprint density at radius 1 is 0.303 bits per heavy atom. The van der Waals surface area contributed by atoms with Gasteiger partial charge in [0.2, 0.25) is 0 Å². The molecule has 0 saturated carbocycles. The van der Waals surface area contributed by atoms with E-state index in [1.807, 2.05) is 65.9 Å². The molecule has 0 aliphatic rings. The minimum absolute atomic E-state index is 0.570. The Hall–Kier alpha value is -9.95. The second kappa shape index (κ2) is 16.8. The lowest BCUT2D eigenvalue weighted by Crippen LogP contribution is -2.00. The van der Waals surface area contributed by atoms with Crippen molar-refractivity contribution in [3.05, 3.63) is 243 Å². The average Bonchev–Trinajstić information content (AvgIpc) is 4.29. The van der Waals surface area contributed by atoms with E-state index in [4.69, 9.17) is 23.8 Å². The third kappa shape index (κ3) is 6.69. The van der Waals surface area contributed by atoms with E-state index in [2.05, 4.69) is 193 Å². The maximum atomic E-state index is 6.63. The van der Waals surface area contributed by atoms with Crippen LogP contribution in [0.15, 0.2) is 251 Å². The molecule has 6 nitrogen and oxygen atoms in total. The van der Waals surface area contributed by atoms with Gasteiger partial charge in [-0.1, -0.05) is 170 Å². The first-order valence-corrected chi connectivity index (χ1v) is 26.3. The lowest BCUT2D eigenvalue weighted by atomic mass is 9.96. The first-order chi connectivity index (χ1) is 37.6. The minimum atomic E-state index is 0.570. The maximum absolute atomic E-state index is 6.63. The highest BCUT2D eigenvalue weighted by Crippen LogP contribution is 2.45. The van der Waals surface area contributed by atoms with Crippen LogP contribution in [0.2, 0.25) is 0 Å². The Kier molecular flexibility index (Phi) is 9.40. The molecule has 0 unspecified atom stereocenters. The molecular formula is C69H40N4O2S. The van der Waals surface area contributed by atoms with E-state index in [-0.39, 0.29) is 0 Å². The maximum Gasteiger partial charge on any atom is 0.164 e. The molecule has 0 N–H and O–H groups in total. The van der Waals surface area contributed by atoms with Gasteiger partial charge in [0.05, 0.1) is 11.0 Å². The zero-order chi connectivity index (χ0) is 49.8. The average molecular weight is 989 g/mol. The molecule has 7 heteroatoms. The van der Waals surface area contributed by atoms with Crippen LogP contribution in [-0.4, -0.2) is 19.5 Å². The molecule has 16 rings (SSSR count). The van der Waals surface area contributed by atoms with Crippen LogP contribution in [0, 0.1) is 0 Å². The van der Waals surface area contributed by atoms with Gasteiger partial charge >= 0.3 is 0 Å². The molecule has 16 aromatic rings. The molecular weight excluding hydrogens is 949 g/mol. The summed E-state index contributed by atoms with van der Waals surface area (Å²) in [7, 11) is 0. The van der Waals surface area contributed by atoms with Crippen LogP contribution in [0.3, 0.4) is 0 Å². The molecule has 76 heavy (non-hydrogen) atoms. The number of aromatic nitrogens is 4. The van der Waals surface area contributed by atoms with Crippen LogP contribution < -0.4 is 0 Å². The van der Waals surface area contributed by atoms with Crippen LogP contribution in [0.25, 0.3) is 159 Å². The number of para-hydroxylation sites is 4. The summed E-state index contributed by atoms with van der Waals surface area (Å²) in [6.45, 7) is 0. The number of fused-ring (bicyclic) bond motifs is 12. The Bertz CT molecular complexity index is 4990. The van der Waals surface area contributed by atoms with Gasteiger partial charge in [-0.2, -0.15) is 0 Å². The predicted octanol–water partition coefficient (Wildman–Crippen LogP) is 19.1. The van der Waals surface area contributed by atoms with Crippen LogP contribution in [-0.2, 0) is 0 Å². The number of thiophene rings is 1. The number of rotatable bonds is 7. The van der Waals surface area contributed by atoms with Gasteiger partial charge in [0, 0.05) is 80.4 Å². The van der Waals surface area contributed by atoms with Crippen molar-refractivity contribution in [3.8, 4) is 73.2 Å². The molecule has 0 spiro atoms. The van der Waals surface area contributed by atoms with Crippen molar-refractivity contribution in [1.82, 2.24) is 19.5 Å². The molecule has 0 atom stereocenters. The first-order valence-electron chi connectivity index (χ1n) is 25.5. The Morgan fingerprint density at radius 2 is 0.882 bits per heavy atom. The van der Waals surface area contributed by atoms with Gasteiger partial charge in [-0.25, -0.2) is 15.0 Å². The topological polar surface area (TPSA) is 69.9 Å². The van der Waals surface area contributed by atoms with Gasteiger partial charge in [0.25, 0.3) is 0 Å². The van der Waals surface area contributed by atoms with Gasteiger partial charge in [-0.3, -0.25) is 0 Å². The fourth-order valence-electron chi connectivity index (χ4n) is 11.6. The summed E-state index contributed by atoms with van der Waals surface area (Å²) in [6.07, 6.45) is 0. The second-order valence-electron chi connectivity index (χ2n) is 19.4. The summed E-state index contributed by atoms with van der Waals surface area (Å²) < 4.78 is 17.9. The molecule has 0 radical (unpaired) electrons. The Labute approximate surface area is 439 Å². The van der Waals surface area contributed by atoms with E-state index >= 15 is 0 Å². The van der Waals surface area contributed by atoms with Crippen molar-refractivity contribution in [3.63, 3.8) is 0 Å². The fraction of sp³-hybridized carbons (Fsp3) is 0. The molecule has 354 valence electrons. The monoisotopic (exact) mass is 988 g/mol. The van der Waals surface area contributed by atoms with Crippen molar-refractivity contribution in [2.45, 2.75) is 0 Å². The lowest BCUT2D eigenvalue weighted by Gasteiger charge is -2.10. The highest BCUT2D eigenvalue weighted by molar-refractivity contribution is 7.26. The van der Waals surface area contributed by atoms with Crippen LogP contribution in [0.1, 0.15) is 0 Å². The minimum Gasteiger partial charge on any atom is -0.456 e. The summed E-state index contributed by atoms with van der Waals surface area (Å²) in [5.41, 5.74) is 16.2. The third-order valence-electron chi connectivity index (χ3n) is 15.1. The standard InChI is InChI=1S/C69H40N4O2S/c1-3-14-42(15-4-1)67-70-68(43-30-28-41(29-31-43)49-21-11-22-52-51-19-8-10-25-59(51)75-66(49)52)72-69(71-67)53-23-12-26-61-64(53)55-38-44(33-36-60(55)74-61)45-34-37-62-56(39-45)65-48(20-13-27-63(65)76-62)46-32-35-58-54(40-46)50-18-7-9-24-57(50)73(58)47-16-5-2-6-17-47/h1-40H. The first kappa shape index (κ1) is 42.5. The van der Waals surface area contributed by atoms with Gasteiger partial charge in [-0.05, 0) is 101 Å². The van der Waals surface area contributed by atoms with Crippen molar-refractivity contribution < 1.29 is 8.83 Å². The van der Waals surface area contributed by atoms with Gasteiger partial charge in [0.1, 0.15) is 22.3 Å². The summed E-state index contributed by atoms with van der Waals surface area (Å²) >= 11 is 1.84. The van der Waals surface area contributed by atoms with E-state index in [1.165, 1.54) is 53.1 Å². The largest absolute Gasteiger partial charge is 0.456 e. The van der Waals surface area contributed by atoms with Crippen molar-refractivity contribution in [2.24, 2.45) is 0 Å². The van der Waals surface area contributed by atoms with Crippen molar-refractivity contribution in [1.29, 1.82) is 0 Å². The zero-order valence-electron chi connectivity index (χ0n) is 40.6. The van der Waals surface area contributed by atoms with E-state index < -0.39 is 0 Å². The SMILES string of the molecule is c1ccc(-c2nc(-c3ccc(-c4cccc5c4oc4ccccc45)cc3)nc(-c3cccc4oc5ccc(-c6ccc7sc8cccc(-c9ccc%10c(c9)c9ccccc9n%10-c9ccccc9)c8c7c6)cc5c34)n2)cc1. The summed E-state index contributed by atoms with van der Waals surface area (Å²) in [4.78, 5) is 15.6. The van der Waals surface area contributed by atoms with E-state index in [1.54, 1.807) is 0 Å². The van der Waals surface area contributed by atoms with Crippen LogP contribution >= 0.6 is 11.3 Å². The number of hydrogen-bond acceptors (Lipinski definition) is 6. The number of nitrogens with zero attached hydrogens (tertiary/aromatic N) is 4. The van der Waals surface area contributed by atoms with Crippen LogP contribution in [0.4, 0.5) is 0 Å². The molecule has 0 saturated heterocycles. The number of benzene rings is 11. The summed E-state index contributed by atoms with van der Waals surface area (Å²) in [5.74, 6) is 1.74. The Morgan fingerprint density at radius 3 is 1.74 bits per heavy atom. The zero-order valence-corrected chi connectivity index (χ0v) is 41.4. The molecule has 11 aromatic carbocycles. The molecule has 0 aliphatic carbocycles. The third-order valence-corrected chi connectivity index (χ3v) is 16.2. The molecule has 5 aromatic heterocycles. The van der Waals surface area contributed by atoms with Crippen molar-refractivity contribution in [2.75, 3.05) is 0 Å². The molecule has 5 heterocycles. The normalized spacial score (nSPS) is 11.9. The molecule has 0 aliphatic heterocycles. The Balaban J connectivity index is 0.807. The summed E-state index contributed by atoms with van der Waals surface area (Å²) in [6, 6.07) is 85.7. The smallest absolute Gasteiger partial charge is 0.164 e. The predicted molar refractivity (Wildman–Crippen MR) is 314 cm³/mol. The second-order valence-corrected chi connectivity index (χ2v) is 20.5. The van der Waals surface area contributed by atoms with Gasteiger partial charge < -0.3 is 13.4 Å². The highest BCUT2D eigenvalue weighted by atomic mass is 32.1. The number of furan rings is 2. The van der Waals surface area contributed by atoms with E-state index in [9.17, 15) is 0 Å². The van der Waals surface area contributed by atoms with E-state index in [0.29, 0.717) is 17.5 Å². The highest BCUT2D eigenvalue weighted by Gasteiger charge is 2.21. The van der Waals surface area contributed by atoms with Crippen molar-refractivity contribution >= 4 is 97.2 Å². The fourth-order valence-corrected chi connectivity index (χ4v) is 12.7. The molecule has 0 bridgehead atoms.